The van der Waals surface area contributed by atoms with Crippen LogP contribution >= 0.6 is 0 Å². The molecule has 2 aromatic carbocycles. The van der Waals surface area contributed by atoms with Gasteiger partial charge >= 0.3 is 0 Å². The van der Waals surface area contributed by atoms with Gasteiger partial charge in [-0.05, 0) is 84.5 Å². The van der Waals surface area contributed by atoms with Crippen molar-refractivity contribution in [1.29, 1.82) is 0 Å². The van der Waals surface area contributed by atoms with Crippen LogP contribution in [0.2, 0.25) is 0 Å². The molecule has 1 saturated heterocycles. The van der Waals surface area contributed by atoms with E-state index in [9.17, 15) is 4.79 Å². The highest BCUT2D eigenvalue weighted by Crippen LogP contribution is 2.39. The Labute approximate surface area is 193 Å². The van der Waals surface area contributed by atoms with Gasteiger partial charge in [-0.1, -0.05) is 48.6 Å². The highest BCUT2D eigenvalue weighted by atomic mass is 16.1. The zero-order chi connectivity index (χ0) is 22.2. The fraction of sp³-hybridized carbons (Fsp3) is 0.276. The lowest BCUT2D eigenvalue weighted by atomic mass is 9.86. The van der Waals surface area contributed by atoms with Gasteiger partial charge in [-0.15, -0.1) is 0 Å². The van der Waals surface area contributed by atoms with E-state index in [0.29, 0.717) is 5.92 Å². The first-order valence-corrected chi connectivity index (χ1v) is 12.1. The van der Waals surface area contributed by atoms with Gasteiger partial charge < -0.3 is 9.97 Å². The van der Waals surface area contributed by atoms with Gasteiger partial charge in [0.05, 0.1) is 11.3 Å². The number of H-pyrrole nitrogens is 2. The summed E-state index contributed by atoms with van der Waals surface area (Å²) < 4.78 is 0. The molecular weight excluding hydrogens is 406 g/mol. The van der Waals surface area contributed by atoms with Gasteiger partial charge in [0.15, 0.2) is 0 Å². The van der Waals surface area contributed by atoms with E-state index in [-0.39, 0.29) is 5.56 Å². The first-order valence-electron chi connectivity index (χ1n) is 12.1. The van der Waals surface area contributed by atoms with Crippen LogP contribution < -0.4 is 16.0 Å². The topological polar surface area (TPSA) is 51.9 Å². The number of nitrogens with one attached hydrogen (secondary N) is 2. The van der Waals surface area contributed by atoms with Crippen molar-refractivity contribution in [2.24, 2.45) is 0 Å². The number of para-hydroxylation sites is 1. The number of rotatable bonds is 4. The lowest BCUT2D eigenvalue weighted by Crippen LogP contribution is -2.37. The molecule has 0 radical (unpaired) electrons. The summed E-state index contributed by atoms with van der Waals surface area (Å²) in [6.45, 7) is 3.16. The summed E-state index contributed by atoms with van der Waals surface area (Å²) in [6.07, 6.45) is 11.0. The second-order valence-corrected chi connectivity index (χ2v) is 9.33. The minimum absolute atomic E-state index is 0.0374. The molecule has 4 aromatic rings. The van der Waals surface area contributed by atoms with Gasteiger partial charge in [0.1, 0.15) is 0 Å². The average molecular weight is 436 g/mol. The number of fused-ring (bicyclic) bond motifs is 2. The molecule has 0 saturated carbocycles. The molecule has 3 heterocycles. The van der Waals surface area contributed by atoms with Crippen molar-refractivity contribution < 1.29 is 0 Å². The third-order valence-electron chi connectivity index (χ3n) is 7.33. The van der Waals surface area contributed by atoms with E-state index in [0.717, 1.165) is 62.1 Å². The minimum Gasteiger partial charge on any atom is -0.354 e. The lowest BCUT2D eigenvalue weighted by molar-refractivity contribution is 0.205. The Kier molecular flexibility index (Phi) is 5.23. The predicted molar refractivity (Wildman–Crippen MR) is 135 cm³/mol. The molecule has 1 aliphatic carbocycles. The second-order valence-electron chi connectivity index (χ2n) is 9.33. The van der Waals surface area contributed by atoms with Gasteiger partial charge in [0.25, 0.3) is 5.56 Å². The van der Waals surface area contributed by atoms with Crippen LogP contribution in [0.3, 0.4) is 0 Å². The summed E-state index contributed by atoms with van der Waals surface area (Å²) in [5.74, 6) is 0.441. The molecule has 0 spiro atoms. The van der Waals surface area contributed by atoms with Crippen molar-refractivity contribution in [3.8, 4) is 11.3 Å². The Balaban J connectivity index is 1.29. The molecule has 6 rings (SSSR count). The van der Waals surface area contributed by atoms with E-state index in [1.165, 1.54) is 27.0 Å². The molecule has 2 aliphatic rings. The van der Waals surface area contributed by atoms with Gasteiger partial charge in [-0.25, -0.2) is 0 Å². The predicted octanol–water partition coefficient (Wildman–Crippen LogP) is 4.26. The summed E-state index contributed by atoms with van der Waals surface area (Å²) in [5.41, 5.74) is 5.54. The van der Waals surface area contributed by atoms with Crippen LogP contribution in [0.1, 0.15) is 42.7 Å². The van der Waals surface area contributed by atoms with Crippen molar-refractivity contribution in [3.05, 3.63) is 92.7 Å². The fourth-order valence-corrected chi connectivity index (χ4v) is 5.70. The SMILES string of the molecule is O=c1[nH]cccc1-c1[nH]c2ccccc2c1C1CCN(Cc2cccc3c2=CCCC=3)CC1. The molecular formula is C29H29N3O. The Morgan fingerprint density at radius 1 is 0.909 bits per heavy atom. The Morgan fingerprint density at radius 2 is 1.76 bits per heavy atom. The second kappa shape index (κ2) is 8.53. The van der Waals surface area contributed by atoms with E-state index in [1.807, 2.05) is 12.1 Å². The van der Waals surface area contributed by atoms with E-state index in [2.05, 4.69) is 69.5 Å². The zero-order valence-electron chi connectivity index (χ0n) is 18.8. The van der Waals surface area contributed by atoms with Crippen molar-refractivity contribution in [2.75, 3.05) is 13.1 Å². The molecule has 0 bridgehead atoms. The standard InChI is InChI=1S/C29H29N3O/c33-29-25(12-6-16-30-29)28-27(24-11-3-4-13-26(24)31-28)21-14-17-32(18-15-21)19-22-9-5-8-20-7-1-2-10-23(20)22/h3-13,16,21,31H,1-2,14-15,17-19H2,(H,30,33). The van der Waals surface area contributed by atoms with Crippen LogP contribution in [0.25, 0.3) is 34.3 Å². The Bertz CT molecular complexity index is 1490. The van der Waals surface area contributed by atoms with E-state index >= 15 is 0 Å². The summed E-state index contributed by atoms with van der Waals surface area (Å²) in [4.78, 5) is 21.6. The maximum absolute atomic E-state index is 12.6. The maximum Gasteiger partial charge on any atom is 0.257 e. The number of hydrogen-bond acceptors (Lipinski definition) is 2. The Morgan fingerprint density at radius 3 is 2.64 bits per heavy atom. The highest BCUT2D eigenvalue weighted by Gasteiger charge is 2.27. The third-order valence-corrected chi connectivity index (χ3v) is 7.33. The van der Waals surface area contributed by atoms with Crippen LogP contribution in [-0.4, -0.2) is 28.0 Å². The number of aromatic nitrogens is 2. The molecule has 1 aliphatic heterocycles. The largest absolute Gasteiger partial charge is 0.354 e. The number of nitrogens with zero attached hydrogens (tertiary/aromatic N) is 1. The molecule has 0 atom stereocenters. The third kappa shape index (κ3) is 3.75. The molecule has 1 fully saturated rings. The fourth-order valence-electron chi connectivity index (χ4n) is 5.70. The number of benzene rings is 2. The van der Waals surface area contributed by atoms with Gasteiger partial charge in [-0.3, -0.25) is 9.69 Å². The molecule has 166 valence electrons. The molecule has 0 amide bonds. The number of likely N-dealkylation sites (tertiary alicyclic amines) is 1. The minimum atomic E-state index is -0.0374. The first kappa shape index (κ1) is 20.3. The summed E-state index contributed by atoms with van der Waals surface area (Å²) in [5, 5.41) is 4.08. The van der Waals surface area contributed by atoms with Gasteiger partial charge in [0.2, 0.25) is 0 Å². The van der Waals surface area contributed by atoms with E-state index in [1.54, 1.807) is 6.20 Å². The molecule has 4 heteroatoms. The van der Waals surface area contributed by atoms with Crippen molar-refractivity contribution >= 4 is 23.1 Å². The number of aromatic amines is 2. The smallest absolute Gasteiger partial charge is 0.257 e. The number of piperidine rings is 1. The van der Waals surface area contributed by atoms with Crippen LogP contribution in [0, 0.1) is 0 Å². The molecule has 4 nitrogen and oxygen atoms in total. The van der Waals surface area contributed by atoms with Crippen molar-refractivity contribution in [2.45, 2.75) is 38.1 Å². The summed E-state index contributed by atoms with van der Waals surface area (Å²) in [6, 6.07) is 19.0. The number of hydrogen-bond donors (Lipinski definition) is 2. The molecule has 0 unspecified atom stereocenters. The van der Waals surface area contributed by atoms with Crippen LogP contribution in [0.5, 0.6) is 0 Å². The quantitative estimate of drug-likeness (QED) is 0.503. The summed E-state index contributed by atoms with van der Waals surface area (Å²) in [7, 11) is 0. The summed E-state index contributed by atoms with van der Waals surface area (Å²) >= 11 is 0. The highest BCUT2D eigenvalue weighted by molar-refractivity contribution is 5.91. The molecule has 2 N–H and O–H groups in total. The average Bonchev–Trinajstić information content (AvgIpc) is 3.24. The van der Waals surface area contributed by atoms with Crippen LogP contribution in [0.4, 0.5) is 0 Å². The normalized spacial score (nSPS) is 16.8. The molecule has 33 heavy (non-hydrogen) atoms. The molecule has 2 aromatic heterocycles. The van der Waals surface area contributed by atoms with Crippen LogP contribution in [-0.2, 0) is 6.54 Å². The van der Waals surface area contributed by atoms with Crippen LogP contribution in [0.15, 0.2) is 65.6 Å². The first-order chi connectivity index (χ1) is 16.3. The zero-order valence-corrected chi connectivity index (χ0v) is 18.8. The van der Waals surface area contributed by atoms with Crippen molar-refractivity contribution in [3.63, 3.8) is 0 Å². The Hall–Kier alpha value is -3.37. The van der Waals surface area contributed by atoms with Gasteiger partial charge in [0, 0.05) is 23.6 Å². The monoisotopic (exact) mass is 435 g/mol. The van der Waals surface area contributed by atoms with Gasteiger partial charge in [-0.2, -0.15) is 0 Å². The lowest BCUT2D eigenvalue weighted by Gasteiger charge is -2.32. The maximum atomic E-state index is 12.6. The number of pyridine rings is 1. The van der Waals surface area contributed by atoms with E-state index in [4.69, 9.17) is 0 Å². The van der Waals surface area contributed by atoms with E-state index < -0.39 is 0 Å². The van der Waals surface area contributed by atoms with Crippen molar-refractivity contribution in [1.82, 2.24) is 14.9 Å².